The van der Waals surface area contributed by atoms with Crippen LogP contribution in [0.15, 0.2) is 43.0 Å². The summed E-state index contributed by atoms with van der Waals surface area (Å²) in [6.45, 7) is 6.35. The van der Waals surface area contributed by atoms with Gasteiger partial charge in [0.15, 0.2) is 11.6 Å². The second-order valence-electron chi connectivity index (χ2n) is 6.00. The Balaban J connectivity index is 0.00000225. The smallest absolute Gasteiger partial charge is 1.00 e. The first-order valence-electron chi connectivity index (χ1n) is 8.83. The predicted octanol–water partition coefficient (Wildman–Crippen LogP) is -1.59. The molecule has 8 heteroatoms. The Labute approximate surface area is 184 Å². The molecule has 0 fully saturated rings. The van der Waals surface area contributed by atoms with E-state index in [2.05, 4.69) is 32.9 Å². The molecule has 0 saturated carbocycles. The predicted molar refractivity (Wildman–Crippen MR) is 96.5 cm³/mol. The molecule has 3 aromatic rings. The molecule has 0 bridgehead atoms. The van der Waals surface area contributed by atoms with Crippen LogP contribution in [0.2, 0.25) is 0 Å². The van der Waals surface area contributed by atoms with Crippen molar-refractivity contribution in [1.82, 2.24) is 24.1 Å². The molecule has 148 valence electrons. The quantitative estimate of drug-likeness (QED) is 0.390. The molecule has 0 aliphatic carbocycles. The van der Waals surface area contributed by atoms with Gasteiger partial charge in [0, 0.05) is 37.9 Å². The number of rotatable bonds is 8. The third-order valence-electron chi connectivity index (χ3n) is 4.14. The molecule has 3 aromatic heterocycles. The monoisotopic (exact) mass is 449 g/mol. The molecule has 3 heterocycles. The van der Waals surface area contributed by atoms with Crippen molar-refractivity contribution < 1.29 is 41.9 Å². The molecule has 0 aromatic carbocycles. The van der Waals surface area contributed by atoms with Crippen LogP contribution in [0.25, 0.3) is 23.0 Å². The van der Waals surface area contributed by atoms with Crippen LogP contribution in [0.5, 0.6) is 0 Å². The number of halogens is 2. The normalized spacial score (nSPS) is 9.85. The topological polar surface area (TPSA) is 48.5 Å². The minimum absolute atomic E-state index is 0. The summed E-state index contributed by atoms with van der Waals surface area (Å²) in [6.07, 6.45) is 12.4. The molecule has 3 rings (SSSR count). The van der Waals surface area contributed by atoms with Crippen LogP contribution in [-0.4, -0.2) is 24.1 Å². The molecule has 0 aliphatic rings. The van der Waals surface area contributed by atoms with E-state index in [1.807, 2.05) is 43.0 Å². The van der Waals surface area contributed by atoms with Gasteiger partial charge in [-0.25, -0.2) is 15.0 Å². The third-order valence-corrected chi connectivity index (χ3v) is 4.14. The van der Waals surface area contributed by atoms with Crippen molar-refractivity contribution in [3.8, 4) is 23.0 Å². The van der Waals surface area contributed by atoms with E-state index in [4.69, 9.17) is 4.98 Å². The molecule has 0 aliphatic heterocycles. The Morgan fingerprint density at radius 1 is 0.778 bits per heavy atom. The minimum atomic E-state index is 0. The molecular formula is C19H25Cl2FeN5. The molecule has 0 spiro atoms. The molecule has 0 amide bonds. The van der Waals surface area contributed by atoms with E-state index >= 15 is 0 Å². The first kappa shape index (κ1) is 25.7. The fourth-order valence-corrected chi connectivity index (χ4v) is 2.79. The van der Waals surface area contributed by atoms with E-state index in [0.29, 0.717) is 0 Å². The van der Waals surface area contributed by atoms with Gasteiger partial charge >= 0.3 is 17.1 Å². The molecule has 0 N–H and O–H groups in total. The van der Waals surface area contributed by atoms with Gasteiger partial charge in [0.2, 0.25) is 0 Å². The molecule has 0 radical (unpaired) electrons. The van der Waals surface area contributed by atoms with Crippen molar-refractivity contribution >= 4 is 0 Å². The van der Waals surface area contributed by atoms with E-state index < -0.39 is 0 Å². The first-order chi connectivity index (χ1) is 11.8. The van der Waals surface area contributed by atoms with E-state index in [-0.39, 0.29) is 41.9 Å². The van der Waals surface area contributed by atoms with E-state index in [1.54, 1.807) is 0 Å². The maximum Gasteiger partial charge on any atom is 2.00 e. The van der Waals surface area contributed by atoms with Gasteiger partial charge in [-0.05, 0) is 25.0 Å². The zero-order valence-electron chi connectivity index (χ0n) is 15.6. The first-order valence-corrected chi connectivity index (χ1v) is 8.83. The van der Waals surface area contributed by atoms with Gasteiger partial charge in [-0.2, -0.15) is 0 Å². The number of unbranched alkanes of at least 4 members (excludes halogenated alkanes) is 2. The summed E-state index contributed by atoms with van der Waals surface area (Å²) in [5.74, 6) is 1.86. The van der Waals surface area contributed by atoms with Crippen LogP contribution in [0.3, 0.4) is 0 Å². The summed E-state index contributed by atoms with van der Waals surface area (Å²) in [6, 6.07) is 6.08. The average molecular weight is 450 g/mol. The summed E-state index contributed by atoms with van der Waals surface area (Å²) in [7, 11) is 0. The number of hydrogen-bond donors (Lipinski definition) is 0. The van der Waals surface area contributed by atoms with Gasteiger partial charge < -0.3 is 33.9 Å². The van der Waals surface area contributed by atoms with Gasteiger partial charge in [0.25, 0.3) is 0 Å². The van der Waals surface area contributed by atoms with Gasteiger partial charge in [0.1, 0.15) is 11.4 Å². The fraction of sp³-hybridized carbons (Fsp3) is 0.421. The van der Waals surface area contributed by atoms with Crippen molar-refractivity contribution in [2.75, 3.05) is 0 Å². The molecule has 0 unspecified atom stereocenters. The Hall–Kier alpha value is -1.33. The van der Waals surface area contributed by atoms with Gasteiger partial charge in [0.05, 0.1) is 0 Å². The second-order valence-corrected chi connectivity index (χ2v) is 6.00. The second kappa shape index (κ2) is 12.9. The Morgan fingerprint density at radius 3 is 1.63 bits per heavy atom. The summed E-state index contributed by atoms with van der Waals surface area (Å²) in [5.41, 5.74) is 1.80. The molecule has 0 saturated heterocycles. The van der Waals surface area contributed by atoms with Crippen LogP contribution < -0.4 is 24.8 Å². The molecule has 27 heavy (non-hydrogen) atoms. The minimum Gasteiger partial charge on any atom is -1.00 e. The summed E-state index contributed by atoms with van der Waals surface area (Å²) >= 11 is 0. The van der Waals surface area contributed by atoms with E-state index in [1.165, 1.54) is 12.8 Å². The largest absolute Gasteiger partial charge is 2.00 e. The van der Waals surface area contributed by atoms with Crippen molar-refractivity contribution in [2.24, 2.45) is 0 Å². The molecule has 5 nitrogen and oxygen atoms in total. The number of aryl methyl sites for hydroxylation is 2. The van der Waals surface area contributed by atoms with Crippen molar-refractivity contribution in [2.45, 2.75) is 52.6 Å². The SMILES string of the molecule is CCCCn1ccnc1-c1cccc(-c2nccn2CCCC)n1.[Cl-].[Cl-].[Fe+2]. The van der Waals surface area contributed by atoms with Crippen LogP contribution >= 0.6 is 0 Å². The van der Waals surface area contributed by atoms with Gasteiger partial charge in [-0.3, -0.25) is 0 Å². The Bertz CT molecular complexity index is 726. The number of aromatic nitrogens is 5. The fourth-order valence-electron chi connectivity index (χ4n) is 2.79. The zero-order valence-corrected chi connectivity index (χ0v) is 18.2. The summed E-state index contributed by atoms with van der Waals surface area (Å²) in [5, 5.41) is 0. The number of imidazole rings is 2. The van der Waals surface area contributed by atoms with Gasteiger partial charge in [-0.15, -0.1) is 0 Å². The zero-order chi connectivity index (χ0) is 16.8. The van der Waals surface area contributed by atoms with Crippen LogP contribution in [0, 0.1) is 0 Å². The number of nitrogens with zero attached hydrogens (tertiary/aromatic N) is 5. The van der Waals surface area contributed by atoms with Crippen molar-refractivity contribution in [3.05, 3.63) is 43.0 Å². The van der Waals surface area contributed by atoms with Crippen molar-refractivity contribution in [3.63, 3.8) is 0 Å². The van der Waals surface area contributed by atoms with E-state index in [0.717, 1.165) is 49.0 Å². The van der Waals surface area contributed by atoms with Crippen molar-refractivity contribution in [1.29, 1.82) is 0 Å². The van der Waals surface area contributed by atoms with Crippen LogP contribution in [0.4, 0.5) is 0 Å². The third kappa shape index (κ3) is 6.35. The van der Waals surface area contributed by atoms with Gasteiger partial charge in [-0.1, -0.05) is 32.8 Å². The molecular weight excluding hydrogens is 425 g/mol. The van der Waals surface area contributed by atoms with Crippen LogP contribution in [-0.2, 0) is 30.2 Å². The average Bonchev–Trinajstić information content (AvgIpc) is 3.27. The van der Waals surface area contributed by atoms with E-state index in [9.17, 15) is 0 Å². The van der Waals surface area contributed by atoms with Crippen LogP contribution in [0.1, 0.15) is 39.5 Å². The number of hydrogen-bond acceptors (Lipinski definition) is 3. The standard InChI is InChI=1S/C19H25N5.2ClH.Fe/c1-3-5-12-23-14-10-20-18(23)16-8-7-9-17(22-16)19-21-11-15-24(19)13-6-4-2;;;/h7-11,14-15H,3-6,12-13H2,1-2H3;2*1H;/q;;;+2/p-2. The Kier molecular flexibility index (Phi) is 12.3. The maximum absolute atomic E-state index is 4.83. The maximum atomic E-state index is 4.83. The summed E-state index contributed by atoms with van der Waals surface area (Å²) < 4.78 is 4.36. The summed E-state index contributed by atoms with van der Waals surface area (Å²) in [4.78, 5) is 13.8. The Morgan fingerprint density at radius 2 is 1.22 bits per heavy atom. The molecule has 0 atom stereocenters. The number of pyridine rings is 1.